The van der Waals surface area contributed by atoms with Gasteiger partial charge in [-0.1, -0.05) is 13.3 Å². The molecule has 0 bridgehead atoms. The number of ether oxygens (including phenoxy) is 1. The Labute approximate surface area is 139 Å². The molecular formula is C15H25BrN2O2S. The molecule has 0 aliphatic heterocycles. The lowest BCUT2D eigenvalue weighted by Crippen LogP contribution is -2.42. The monoisotopic (exact) mass is 376 g/mol. The number of alkyl carbamates (subject to hydrolysis) is 1. The molecule has 1 rings (SSSR count). The van der Waals surface area contributed by atoms with Crippen LogP contribution in [-0.4, -0.2) is 24.3 Å². The summed E-state index contributed by atoms with van der Waals surface area (Å²) in [4.78, 5) is 11.7. The van der Waals surface area contributed by atoms with Crippen LogP contribution in [0.15, 0.2) is 15.2 Å². The van der Waals surface area contributed by atoms with E-state index in [1.807, 2.05) is 20.8 Å². The van der Waals surface area contributed by atoms with E-state index in [0.717, 1.165) is 23.2 Å². The first-order chi connectivity index (χ1) is 9.80. The van der Waals surface area contributed by atoms with Gasteiger partial charge in [-0.05, 0) is 60.1 Å². The summed E-state index contributed by atoms with van der Waals surface area (Å²) in [7, 11) is 0. The van der Waals surface area contributed by atoms with Gasteiger partial charge in [0, 0.05) is 19.1 Å². The minimum Gasteiger partial charge on any atom is -0.444 e. The number of thiophene rings is 1. The van der Waals surface area contributed by atoms with Crippen molar-refractivity contribution >= 4 is 33.4 Å². The topological polar surface area (TPSA) is 50.4 Å². The average molecular weight is 377 g/mol. The zero-order chi connectivity index (χ0) is 15.9. The highest BCUT2D eigenvalue weighted by Crippen LogP contribution is 2.20. The summed E-state index contributed by atoms with van der Waals surface area (Å²) in [6.45, 7) is 9.12. The van der Waals surface area contributed by atoms with Crippen LogP contribution in [0.3, 0.4) is 0 Å². The molecule has 0 aliphatic rings. The van der Waals surface area contributed by atoms with Gasteiger partial charge in [0.2, 0.25) is 0 Å². The molecule has 1 heterocycles. The molecule has 1 amide bonds. The number of amides is 1. The van der Waals surface area contributed by atoms with Crippen molar-refractivity contribution < 1.29 is 9.53 Å². The summed E-state index contributed by atoms with van der Waals surface area (Å²) in [6, 6.07) is 2.36. The molecule has 0 radical (unpaired) electrons. The van der Waals surface area contributed by atoms with Crippen molar-refractivity contribution in [2.75, 3.05) is 6.54 Å². The smallest absolute Gasteiger partial charge is 0.407 e. The highest BCUT2D eigenvalue weighted by Gasteiger charge is 2.17. The van der Waals surface area contributed by atoms with Crippen LogP contribution in [0.5, 0.6) is 0 Å². The first kappa shape index (κ1) is 18.5. The van der Waals surface area contributed by atoms with Crippen molar-refractivity contribution in [1.82, 2.24) is 10.6 Å². The van der Waals surface area contributed by atoms with E-state index in [-0.39, 0.29) is 12.1 Å². The zero-order valence-electron chi connectivity index (χ0n) is 13.2. The maximum atomic E-state index is 11.7. The van der Waals surface area contributed by atoms with Crippen LogP contribution in [0.2, 0.25) is 0 Å². The van der Waals surface area contributed by atoms with Crippen molar-refractivity contribution in [2.24, 2.45) is 0 Å². The van der Waals surface area contributed by atoms with Crippen LogP contribution in [0, 0.1) is 0 Å². The molecule has 0 aromatic carbocycles. The van der Waals surface area contributed by atoms with E-state index in [0.29, 0.717) is 6.54 Å². The van der Waals surface area contributed by atoms with Crippen molar-refractivity contribution in [3.63, 3.8) is 0 Å². The highest BCUT2D eigenvalue weighted by atomic mass is 79.9. The molecular weight excluding hydrogens is 352 g/mol. The van der Waals surface area contributed by atoms with Gasteiger partial charge < -0.3 is 15.4 Å². The van der Waals surface area contributed by atoms with Gasteiger partial charge in [-0.3, -0.25) is 0 Å². The molecule has 4 nitrogen and oxygen atoms in total. The van der Waals surface area contributed by atoms with Gasteiger partial charge in [0.25, 0.3) is 0 Å². The van der Waals surface area contributed by atoms with Crippen molar-refractivity contribution in [3.05, 3.63) is 20.8 Å². The molecule has 0 fully saturated rings. The number of hydrogen-bond acceptors (Lipinski definition) is 4. The summed E-state index contributed by atoms with van der Waals surface area (Å²) >= 11 is 5.15. The van der Waals surface area contributed by atoms with Crippen LogP contribution in [0.1, 0.15) is 46.1 Å². The summed E-state index contributed by atoms with van der Waals surface area (Å²) in [6.07, 6.45) is 1.73. The molecule has 1 aromatic rings. The molecule has 1 unspecified atom stereocenters. The van der Waals surface area contributed by atoms with Crippen molar-refractivity contribution in [3.8, 4) is 0 Å². The van der Waals surface area contributed by atoms with Gasteiger partial charge in [-0.25, -0.2) is 4.79 Å². The second-order valence-electron chi connectivity index (χ2n) is 6.01. The summed E-state index contributed by atoms with van der Waals surface area (Å²) < 4.78 is 6.39. The Bertz CT molecular complexity index is 443. The number of carbonyl (C=O) groups excluding carboxylic acids is 1. The van der Waals surface area contributed by atoms with Gasteiger partial charge in [0.15, 0.2) is 0 Å². The number of hydrogen-bond donors (Lipinski definition) is 2. The predicted molar refractivity (Wildman–Crippen MR) is 91.8 cm³/mol. The first-order valence-corrected chi connectivity index (χ1v) is 8.90. The molecule has 1 aromatic heterocycles. The molecule has 2 N–H and O–H groups in total. The van der Waals surface area contributed by atoms with Gasteiger partial charge in [-0.15, -0.1) is 11.3 Å². The maximum Gasteiger partial charge on any atom is 0.407 e. The van der Waals surface area contributed by atoms with E-state index >= 15 is 0 Å². The first-order valence-electron chi connectivity index (χ1n) is 7.23. The molecule has 21 heavy (non-hydrogen) atoms. The van der Waals surface area contributed by atoms with Crippen molar-refractivity contribution in [2.45, 2.75) is 58.7 Å². The fourth-order valence-electron chi connectivity index (χ4n) is 1.85. The Hall–Kier alpha value is -0.590. The third-order valence-corrected chi connectivity index (χ3v) is 4.30. The molecule has 6 heteroatoms. The van der Waals surface area contributed by atoms with Crippen LogP contribution in [-0.2, 0) is 11.3 Å². The lowest BCUT2D eigenvalue weighted by Gasteiger charge is -2.22. The summed E-state index contributed by atoms with van der Waals surface area (Å²) in [5.74, 6) is 0. The number of halogens is 1. The van der Waals surface area contributed by atoms with Gasteiger partial charge in [-0.2, -0.15) is 0 Å². The number of nitrogens with one attached hydrogen (secondary N) is 2. The number of rotatable bonds is 7. The third-order valence-electron chi connectivity index (χ3n) is 2.75. The minimum atomic E-state index is -0.458. The largest absolute Gasteiger partial charge is 0.444 e. The van der Waals surface area contributed by atoms with Gasteiger partial charge >= 0.3 is 6.09 Å². The summed E-state index contributed by atoms with van der Waals surface area (Å²) in [5, 5.41) is 8.45. The molecule has 120 valence electrons. The SMILES string of the molecule is CCCC(CNC(=O)OC(C)(C)C)NCc1csc(Br)c1. The Kier molecular flexibility index (Phi) is 7.70. The Morgan fingerprint density at radius 1 is 1.48 bits per heavy atom. The van der Waals surface area contributed by atoms with E-state index < -0.39 is 5.60 Å². The lowest BCUT2D eigenvalue weighted by atomic mass is 10.1. The molecule has 1 atom stereocenters. The second-order valence-corrected chi connectivity index (χ2v) is 8.30. The maximum absolute atomic E-state index is 11.7. The Balaban J connectivity index is 2.37. The molecule has 0 spiro atoms. The van der Waals surface area contributed by atoms with Crippen LogP contribution >= 0.6 is 27.3 Å². The van der Waals surface area contributed by atoms with E-state index in [9.17, 15) is 4.79 Å². The molecule has 0 aliphatic carbocycles. The van der Waals surface area contributed by atoms with E-state index in [1.54, 1.807) is 11.3 Å². The zero-order valence-corrected chi connectivity index (χ0v) is 15.6. The van der Waals surface area contributed by atoms with Crippen LogP contribution in [0.4, 0.5) is 4.79 Å². The van der Waals surface area contributed by atoms with E-state index in [1.165, 1.54) is 5.56 Å². The lowest BCUT2D eigenvalue weighted by molar-refractivity contribution is 0.0521. The quantitative estimate of drug-likeness (QED) is 0.745. The highest BCUT2D eigenvalue weighted by molar-refractivity contribution is 9.11. The van der Waals surface area contributed by atoms with Crippen LogP contribution < -0.4 is 10.6 Å². The van der Waals surface area contributed by atoms with Crippen molar-refractivity contribution in [1.29, 1.82) is 0 Å². The number of carbonyl (C=O) groups is 1. The van der Waals surface area contributed by atoms with Gasteiger partial charge in [0.1, 0.15) is 5.60 Å². The van der Waals surface area contributed by atoms with E-state index in [2.05, 4.69) is 44.9 Å². The van der Waals surface area contributed by atoms with Gasteiger partial charge in [0.05, 0.1) is 3.79 Å². The Morgan fingerprint density at radius 2 is 2.19 bits per heavy atom. The van der Waals surface area contributed by atoms with Crippen LogP contribution in [0.25, 0.3) is 0 Å². The third kappa shape index (κ3) is 8.44. The predicted octanol–water partition coefficient (Wildman–Crippen LogP) is 4.29. The fourth-order valence-corrected chi connectivity index (χ4v) is 3.06. The minimum absolute atomic E-state index is 0.251. The standard InChI is InChI=1S/C15H25BrN2O2S/c1-5-6-12(9-18-14(19)20-15(2,3)4)17-8-11-7-13(16)21-10-11/h7,10,12,17H,5-6,8-9H2,1-4H3,(H,18,19). The second kappa shape index (κ2) is 8.76. The fraction of sp³-hybridized carbons (Fsp3) is 0.667. The molecule has 0 saturated carbocycles. The normalized spacial score (nSPS) is 13.0. The van der Waals surface area contributed by atoms with E-state index in [4.69, 9.17) is 4.74 Å². The molecule has 0 saturated heterocycles. The summed E-state index contributed by atoms with van der Waals surface area (Å²) in [5.41, 5.74) is 0.797. The average Bonchev–Trinajstić information content (AvgIpc) is 2.76. The Morgan fingerprint density at radius 3 is 2.71 bits per heavy atom.